The Kier molecular flexibility index (Phi) is 3.77. The molecule has 0 spiro atoms. The van der Waals surface area contributed by atoms with E-state index in [4.69, 9.17) is 0 Å². The standard InChI is InChI=1S/C13H19NOS/c1-2-13(5-7-14-8-6-13)12(15)10-11-4-3-9-16-11/h3-4,9,14H,2,5-8,10H2,1H3. The summed E-state index contributed by atoms with van der Waals surface area (Å²) in [4.78, 5) is 13.6. The van der Waals surface area contributed by atoms with E-state index in [1.165, 1.54) is 4.88 Å². The van der Waals surface area contributed by atoms with Crippen LogP contribution in [0.25, 0.3) is 0 Å². The lowest BCUT2D eigenvalue weighted by molar-refractivity contribution is -0.129. The summed E-state index contributed by atoms with van der Waals surface area (Å²) in [5, 5.41) is 5.38. The largest absolute Gasteiger partial charge is 0.317 e. The Morgan fingerprint density at radius 2 is 2.25 bits per heavy atom. The Balaban J connectivity index is 2.06. The van der Waals surface area contributed by atoms with Crippen LogP contribution in [-0.4, -0.2) is 18.9 Å². The fraction of sp³-hybridized carbons (Fsp3) is 0.615. The number of nitrogens with one attached hydrogen (secondary N) is 1. The minimum absolute atomic E-state index is 0.0464. The Morgan fingerprint density at radius 3 is 2.81 bits per heavy atom. The molecule has 0 bridgehead atoms. The maximum Gasteiger partial charge on any atom is 0.144 e. The van der Waals surface area contributed by atoms with Crippen LogP contribution in [0.2, 0.25) is 0 Å². The van der Waals surface area contributed by atoms with Crippen molar-refractivity contribution < 1.29 is 4.79 Å². The van der Waals surface area contributed by atoms with Crippen molar-refractivity contribution in [3.63, 3.8) is 0 Å². The lowest BCUT2D eigenvalue weighted by Crippen LogP contribution is -2.42. The van der Waals surface area contributed by atoms with Gasteiger partial charge in [0.1, 0.15) is 5.78 Å². The van der Waals surface area contributed by atoms with Crippen molar-refractivity contribution in [2.24, 2.45) is 5.41 Å². The molecule has 0 unspecified atom stereocenters. The Bertz CT molecular complexity index is 339. The molecule has 1 aromatic rings. The molecule has 1 aliphatic rings. The molecule has 0 aliphatic carbocycles. The van der Waals surface area contributed by atoms with Crippen LogP contribution in [0.5, 0.6) is 0 Å². The van der Waals surface area contributed by atoms with Gasteiger partial charge in [0.05, 0.1) is 0 Å². The average molecular weight is 237 g/mol. The molecule has 0 aromatic carbocycles. The molecule has 0 saturated carbocycles. The van der Waals surface area contributed by atoms with E-state index in [0.717, 1.165) is 32.4 Å². The molecule has 2 rings (SSSR count). The summed E-state index contributed by atoms with van der Waals surface area (Å²) in [6.45, 7) is 4.13. The minimum atomic E-state index is -0.0464. The quantitative estimate of drug-likeness (QED) is 0.872. The van der Waals surface area contributed by atoms with E-state index in [2.05, 4.69) is 18.3 Å². The lowest BCUT2D eigenvalue weighted by Gasteiger charge is -2.35. The van der Waals surface area contributed by atoms with Gasteiger partial charge in [-0.15, -0.1) is 11.3 Å². The number of piperidine rings is 1. The fourth-order valence-electron chi connectivity index (χ4n) is 2.49. The summed E-state index contributed by atoms with van der Waals surface area (Å²) in [6.07, 6.45) is 3.63. The highest BCUT2D eigenvalue weighted by Crippen LogP contribution is 2.35. The normalized spacial score (nSPS) is 19.6. The maximum absolute atomic E-state index is 12.4. The van der Waals surface area contributed by atoms with Crippen molar-refractivity contribution in [2.75, 3.05) is 13.1 Å². The van der Waals surface area contributed by atoms with Crippen LogP contribution in [0.3, 0.4) is 0 Å². The molecule has 0 amide bonds. The van der Waals surface area contributed by atoms with Crippen LogP contribution in [0.4, 0.5) is 0 Å². The number of hydrogen-bond donors (Lipinski definition) is 1. The molecule has 1 fully saturated rings. The summed E-state index contributed by atoms with van der Waals surface area (Å²) in [5.41, 5.74) is -0.0464. The van der Waals surface area contributed by atoms with Gasteiger partial charge < -0.3 is 5.32 Å². The smallest absolute Gasteiger partial charge is 0.144 e. The molecule has 2 heterocycles. The van der Waals surface area contributed by atoms with E-state index in [9.17, 15) is 4.79 Å². The Hall–Kier alpha value is -0.670. The van der Waals surface area contributed by atoms with Crippen molar-refractivity contribution in [3.05, 3.63) is 22.4 Å². The SMILES string of the molecule is CCC1(C(=O)Cc2cccs2)CCNCC1. The fourth-order valence-corrected chi connectivity index (χ4v) is 3.20. The Morgan fingerprint density at radius 1 is 1.50 bits per heavy atom. The topological polar surface area (TPSA) is 29.1 Å². The summed E-state index contributed by atoms with van der Waals surface area (Å²) in [5.74, 6) is 0.443. The van der Waals surface area contributed by atoms with E-state index >= 15 is 0 Å². The predicted octanol–water partition coefficient (Wildman–Crippen LogP) is 2.64. The van der Waals surface area contributed by atoms with E-state index in [1.54, 1.807) is 11.3 Å². The van der Waals surface area contributed by atoms with Gasteiger partial charge >= 0.3 is 0 Å². The summed E-state index contributed by atoms with van der Waals surface area (Å²) >= 11 is 1.69. The highest BCUT2D eigenvalue weighted by atomic mass is 32.1. The second kappa shape index (κ2) is 5.11. The number of Topliss-reactive ketones (excluding diaryl/α,β-unsaturated/α-hetero) is 1. The van der Waals surface area contributed by atoms with Gasteiger partial charge in [0.15, 0.2) is 0 Å². The molecular weight excluding hydrogens is 218 g/mol. The van der Waals surface area contributed by atoms with Crippen LogP contribution < -0.4 is 5.32 Å². The second-order valence-electron chi connectivity index (χ2n) is 4.56. The van der Waals surface area contributed by atoms with Crippen molar-refractivity contribution in [1.29, 1.82) is 0 Å². The lowest BCUT2D eigenvalue weighted by atomic mass is 9.72. The molecular formula is C13H19NOS. The molecule has 0 radical (unpaired) electrons. The number of thiophene rings is 1. The van der Waals surface area contributed by atoms with E-state index in [-0.39, 0.29) is 5.41 Å². The molecule has 0 atom stereocenters. The zero-order valence-corrected chi connectivity index (χ0v) is 10.6. The van der Waals surface area contributed by atoms with Crippen molar-refractivity contribution >= 4 is 17.1 Å². The van der Waals surface area contributed by atoms with Gasteiger partial charge in [0.2, 0.25) is 0 Å². The first-order valence-electron chi connectivity index (χ1n) is 6.03. The van der Waals surface area contributed by atoms with Crippen molar-refractivity contribution in [1.82, 2.24) is 5.32 Å². The van der Waals surface area contributed by atoms with E-state index < -0.39 is 0 Å². The first kappa shape index (κ1) is 11.8. The zero-order valence-electron chi connectivity index (χ0n) is 9.79. The minimum Gasteiger partial charge on any atom is -0.317 e. The number of carbonyl (C=O) groups is 1. The van der Waals surface area contributed by atoms with E-state index in [1.807, 2.05) is 11.4 Å². The van der Waals surface area contributed by atoms with Crippen LogP contribution in [0.1, 0.15) is 31.1 Å². The molecule has 3 heteroatoms. The van der Waals surface area contributed by atoms with Gasteiger partial charge in [-0.3, -0.25) is 4.79 Å². The Labute approximate surface area is 101 Å². The van der Waals surface area contributed by atoms with Gasteiger partial charge in [0.25, 0.3) is 0 Å². The molecule has 1 aromatic heterocycles. The number of rotatable bonds is 4. The average Bonchev–Trinajstić information content (AvgIpc) is 2.82. The van der Waals surface area contributed by atoms with Crippen LogP contribution in [-0.2, 0) is 11.2 Å². The van der Waals surface area contributed by atoms with Crippen LogP contribution in [0, 0.1) is 5.41 Å². The summed E-state index contributed by atoms with van der Waals surface area (Å²) < 4.78 is 0. The first-order valence-corrected chi connectivity index (χ1v) is 6.91. The van der Waals surface area contributed by atoms with Gasteiger partial charge in [-0.1, -0.05) is 13.0 Å². The zero-order chi connectivity index (χ0) is 11.4. The van der Waals surface area contributed by atoms with Gasteiger partial charge in [-0.25, -0.2) is 0 Å². The maximum atomic E-state index is 12.4. The van der Waals surface area contributed by atoms with Crippen LogP contribution >= 0.6 is 11.3 Å². The molecule has 1 saturated heterocycles. The number of carbonyl (C=O) groups excluding carboxylic acids is 1. The van der Waals surface area contributed by atoms with Crippen LogP contribution in [0.15, 0.2) is 17.5 Å². The third kappa shape index (κ3) is 2.36. The predicted molar refractivity (Wildman–Crippen MR) is 67.9 cm³/mol. The van der Waals surface area contributed by atoms with Gasteiger partial charge in [-0.05, 0) is 43.8 Å². The monoisotopic (exact) mass is 237 g/mol. The molecule has 88 valence electrons. The van der Waals surface area contributed by atoms with Gasteiger partial charge in [0, 0.05) is 16.7 Å². The molecule has 1 N–H and O–H groups in total. The first-order chi connectivity index (χ1) is 7.77. The number of hydrogen-bond acceptors (Lipinski definition) is 3. The van der Waals surface area contributed by atoms with Gasteiger partial charge in [-0.2, -0.15) is 0 Å². The van der Waals surface area contributed by atoms with Crippen molar-refractivity contribution in [2.45, 2.75) is 32.6 Å². The second-order valence-corrected chi connectivity index (χ2v) is 5.60. The summed E-state index contributed by atoms with van der Waals surface area (Å²) in [7, 11) is 0. The molecule has 16 heavy (non-hydrogen) atoms. The highest BCUT2D eigenvalue weighted by Gasteiger charge is 2.37. The molecule has 1 aliphatic heterocycles. The third-order valence-electron chi connectivity index (χ3n) is 3.74. The highest BCUT2D eigenvalue weighted by molar-refractivity contribution is 7.10. The van der Waals surface area contributed by atoms with Crippen molar-refractivity contribution in [3.8, 4) is 0 Å². The third-order valence-corrected chi connectivity index (χ3v) is 4.62. The summed E-state index contributed by atoms with van der Waals surface area (Å²) in [6, 6.07) is 4.08. The molecule has 2 nitrogen and oxygen atoms in total. The number of ketones is 1. The van der Waals surface area contributed by atoms with E-state index in [0.29, 0.717) is 12.2 Å².